The molecule has 17 heavy (non-hydrogen) atoms. The van der Waals surface area contributed by atoms with Crippen molar-refractivity contribution in [3.8, 4) is 0 Å². The topological polar surface area (TPSA) is 105 Å². The second-order valence-electron chi connectivity index (χ2n) is 3.64. The van der Waals surface area contributed by atoms with E-state index in [1.165, 1.54) is 11.3 Å². The maximum Gasteiger partial charge on any atom is 0.305 e. The first-order chi connectivity index (χ1) is 7.99. The summed E-state index contributed by atoms with van der Waals surface area (Å²) in [6.45, 7) is 1.97. The first-order valence-electron chi connectivity index (χ1n) is 5.17. The highest BCUT2D eigenvalue weighted by Gasteiger charge is 2.09. The molecule has 0 saturated heterocycles. The Bertz CT molecular complexity index is 403. The van der Waals surface area contributed by atoms with E-state index in [1.54, 1.807) is 5.38 Å². The van der Waals surface area contributed by atoms with Crippen molar-refractivity contribution in [2.75, 3.05) is 6.54 Å². The van der Waals surface area contributed by atoms with Gasteiger partial charge in [-0.3, -0.25) is 9.59 Å². The van der Waals surface area contributed by atoms with Crippen LogP contribution in [0.1, 0.15) is 30.1 Å². The van der Waals surface area contributed by atoms with Crippen LogP contribution in [0.3, 0.4) is 0 Å². The number of carbonyl (C=O) groups is 2. The summed E-state index contributed by atoms with van der Waals surface area (Å²) in [5.41, 5.74) is 6.32. The van der Waals surface area contributed by atoms with Crippen molar-refractivity contribution in [3.05, 3.63) is 16.1 Å². The number of nitrogens with two attached hydrogens (primary N) is 1. The Morgan fingerprint density at radius 3 is 2.88 bits per heavy atom. The molecule has 1 rings (SSSR count). The number of nitrogens with zero attached hydrogens (tertiary/aromatic N) is 1. The van der Waals surface area contributed by atoms with E-state index in [2.05, 4.69) is 10.3 Å². The van der Waals surface area contributed by atoms with Crippen molar-refractivity contribution < 1.29 is 14.7 Å². The summed E-state index contributed by atoms with van der Waals surface area (Å²) >= 11 is 1.42. The lowest BCUT2D eigenvalue weighted by Gasteiger charge is -2.01. The van der Waals surface area contributed by atoms with Gasteiger partial charge in [0, 0.05) is 11.9 Å². The summed E-state index contributed by atoms with van der Waals surface area (Å²) < 4.78 is 0. The largest absolute Gasteiger partial charge is 0.481 e. The fourth-order valence-electron chi connectivity index (χ4n) is 1.15. The SMILES string of the molecule is CC(N)c1nc(CC(=O)NCCC(=O)O)cs1. The second-order valence-corrected chi connectivity index (χ2v) is 4.53. The van der Waals surface area contributed by atoms with Crippen LogP contribution in [0.15, 0.2) is 5.38 Å². The van der Waals surface area contributed by atoms with Crippen molar-refractivity contribution in [2.45, 2.75) is 25.8 Å². The lowest BCUT2D eigenvalue weighted by Crippen LogP contribution is -2.27. The maximum atomic E-state index is 11.4. The van der Waals surface area contributed by atoms with Gasteiger partial charge in [-0.2, -0.15) is 0 Å². The van der Waals surface area contributed by atoms with Gasteiger partial charge in [-0.05, 0) is 6.92 Å². The number of aliphatic carboxylic acids is 1. The molecule has 0 radical (unpaired) electrons. The molecule has 0 bridgehead atoms. The van der Waals surface area contributed by atoms with Gasteiger partial charge in [0.2, 0.25) is 5.91 Å². The molecule has 7 heteroatoms. The number of rotatable bonds is 6. The van der Waals surface area contributed by atoms with Crippen LogP contribution in [0.4, 0.5) is 0 Å². The van der Waals surface area contributed by atoms with E-state index >= 15 is 0 Å². The number of carboxylic acids is 1. The molecular formula is C10H15N3O3S. The number of amides is 1. The first kappa shape index (κ1) is 13.6. The summed E-state index contributed by atoms with van der Waals surface area (Å²) in [5.74, 6) is -1.16. The predicted molar refractivity (Wildman–Crippen MR) is 63.7 cm³/mol. The third kappa shape index (κ3) is 4.92. The molecule has 0 aliphatic rings. The van der Waals surface area contributed by atoms with Crippen molar-refractivity contribution in [1.29, 1.82) is 0 Å². The fourth-order valence-corrected chi connectivity index (χ4v) is 1.93. The van der Waals surface area contributed by atoms with Gasteiger partial charge in [-0.1, -0.05) is 0 Å². The van der Waals surface area contributed by atoms with Gasteiger partial charge in [-0.25, -0.2) is 4.98 Å². The third-order valence-corrected chi connectivity index (χ3v) is 3.06. The lowest BCUT2D eigenvalue weighted by atomic mass is 10.3. The molecule has 1 amide bonds. The zero-order valence-electron chi connectivity index (χ0n) is 9.47. The average Bonchev–Trinajstić information content (AvgIpc) is 2.65. The van der Waals surface area contributed by atoms with Gasteiger partial charge in [0.25, 0.3) is 0 Å². The molecule has 4 N–H and O–H groups in total. The third-order valence-electron chi connectivity index (χ3n) is 1.96. The fraction of sp³-hybridized carbons (Fsp3) is 0.500. The number of nitrogens with one attached hydrogen (secondary N) is 1. The molecule has 0 saturated carbocycles. The van der Waals surface area contributed by atoms with Crippen molar-refractivity contribution in [1.82, 2.24) is 10.3 Å². The number of hydrogen-bond donors (Lipinski definition) is 3. The zero-order valence-corrected chi connectivity index (χ0v) is 10.3. The van der Waals surface area contributed by atoms with Crippen LogP contribution in [-0.4, -0.2) is 28.5 Å². The van der Waals surface area contributed by atoms with Crippen LogP contribution >= 0.6 is 11.3 Å². The van der Waals surface area contributed by atoms with Gasteiger partial charge < -0.3 is 16.2 Å². The van der Waals surface area contributed by atoms with E-state index in [9.17, 15) is 9.59 Å². The maximum absolute atomic E-state index is 11.4. The molecule has 1 aromatic rings. The molecule has 1 unspecified atom stereocenters. The monoisotopic (exact) mass is 257 g/mol. The highest BCUT2D eigenvalue weighted by Crippen LogP contribution is 2.15. The highest BCUT2D eigenvalue weighted by molar-refractivity contribution is 7.09. The Hall–Kier alpha value is -1.47. The van der Waals surface area contributed by atoms with Crippen molar-refractivity contribution in [2.24, 2.45) is 5.73 Å². The molecule has 0 fully saturated rings. The number of hydrogen-bond acceptors (Lipinski definition) is 5. The molecule has 0 aliphatic heterocycles. The van der Waals surface area contributed by atoms with E-state index in [0.717, 1.165) is 5.01 Å². The van der Waals surface area contributed by atoms with E-state index in [4.69, 9.17) is 10.8 Å². The summed E-state index contributed by atoms with van der Waals surface area (Å²) in [4.78, 5) is 25.9. The highest BCUT2D eigenvalue weighted by atomic mass is 32.1. The van der Waals surface area contributed by atoms with Crippen LogP contribution in [0.2, 0.25) is 0 Å². The minimum atomic E-state index is -0.932. The Morgan fingerprint density at radius 2 is 2.35 bits per heavy atom. The van der Waals surface area contributed by atoms with Crippen LogP contribution in [0.5, 0.6) is 0 Å². The van der Waals surface area contributed by atoms with Crippen LogP contribution < -0.4 is 11.1 Å². The van der Waals surface area contributed by atoms with E-state index < -0.39 is 5.97 Å². The normalized spacial score (nSPS) is 12.1. The molecule has 6 nitrogen and oxygen atoms in total. The summed E-state index contributed by atoms with van der Waals surface area (Å²) in [6, 6.07) is -0.135. The molecule has 1 heterocycles. The zero-order chi connectivity index (χ0) is 12.8. The van der Waals surface area contributed by atoms with Crippen LogP contribution in [-0.2, 0) is 16.0 Å². The van der Waals surface area contributed by atoms with E-state index in [-0.39, 0.29) is 31.3 Å². The summed E-state index contributed by atoms with van der Waals surface area (Å²) in [6.07, 6.45) is 0.0801. The van der Waals surface area contributed by atoms with Gasteiger partial charge in [0.15, 0.2) is 0 Å². The minimum Gasteiger partial charge on any atom is -0.481 e. The van der Waals surface area contributed by atoms with Gasteiger partial charge in [0.05, 0.1) is 24.6 Å². The second kappa shape index (κ2) is 6.31. The Morgan fingerprint density at radius 1 is 1.65 bits per heavy atom. The standard InChI is InChI=1S/C10H15N3O3S/c1-6(11)10-13-7(5-17-10)4-8(14)12-3-2-9(15)16/h5-6H,2-4,11H2,1H3,(H,12,14)(H,15,16). The molecular weight excluding hydrogens is 242 g/mol. The van der Waals surface area contributed by atoms with E-state index in [1.807, 2.05) is 6.92 Å². The number of carboxylic acid groups (broad SMARTS) is 1. The Balaban J connectivity index is 2.37. The van der Waals surface area contributed by atoms with Gasteiger partial charge in [-0.15, -0.1) is 11.3 Å². The van der Waals surface area contributed by atoms with Crippen LogP contribution in [0.25, 0.3) is 0 Å². The molecule has 94 valence electrons. The van der Waals surface area contributed by atoms with Gasteiger partial charge in [0.1, 0.15) is 5.01 Å². The minimum absolute atomic E-state index is 0.0755. The Labute approximate surface area is 103 Å². The molecule has 1 atom stereocenters. The Kier molecular flexibility index (Phi) is 5.05. The number of thiazole rings is 1. The van der Waals surface area contributed by atoms with Gasteiger partial charge >= 0.3 is 5.97 Å². The van der Waals surface area contributed by atoms with Crippen LogP contribution in [0, 0.1) is 0 Å². The first-order valence-corrected chi connectivity index (χ1v) is 6.05. The summed E-state index contributed by atoms with van der Waals surface area (Å²) in [7, 11) is 0. The van der Waals surface area contributed by atoms with Crippen molar-refractivity contribution >= 4 is 23.2 Å². The van der Waals surface area contributed by atoms with E-state index in [0.29, 0.717) is 5.69 Å². The number of aromatic nitrogens is 1. The quantitative estimate of drug-likeness (QED) is 0.679. The number of carbonyl (C=O) groups excluding carboxylic acids is 1. The molecule has 1 aromatic heterocycles. The molecule has 0 aromatic carbocycles. The summed E-state index contributed by atoms with van der Waals surface area (Å²) in [5, 5.41) is 13.5. The smallest absolute Gasteiger partial charge is 0.305 e. The van der Waals surface area contributed by atoms with Crippen molar-refractivity contribution in [3.63, 3.8) is 0 Å². The molecule has 0 spiro atoms. The average molecular weight is 257 g/mol. The molecule has 0 aliphatic carbocycles. The predicted octanol–water partition coefficient (Wildman–Crippen LogP) is 0.296. The lowest BCUT2D eigenvalue weighted by molar-refractivity contribution is -0.136.